The highest BCUT2D eigenvalue weighted by atomic mass is 16.2. The van der Waals surface area contributed by atoms with Gasteiger partial charge in [-0.15, -0.1) is 0 Å². The van der Waals surface area contributed by atoms with Crippen molar-refractivity contribution in [2.75, 3.05) is 11.9 Å². The number of nitrogens with one attached hydrogen (secondary N) is 3. The van der Waals surface area contributed by atoms with Gasteiger partial charge >= 0.3 is 0 Å². The Hall–Kier alpha value is -2.75. The van der Waals surface area contributed by atoms with Crippen molar-refractivity contribution in [2.24, 2.45) is 0 Å². The van der Waals surface area contributed by atoms with Crippen molar-refractivity contribution in [3.63, 3.8) is 0 Å². The maximum Gasteiger partial charge on any atom is 0.245 e. The molecule has 1 saturated heterocycles. The predicted molar refractivity (Wildman–Crippen MR) is 135 cm³/mol. The lowest BCUT2D eigenvalue weighted by atomic mass is 9.81. The van der Waals surface area contributed by atoms with E-state index >= 15 is 0 Å². The first-order valence-electron chi connectivity index (χ1n) is 12.7. The number of likely N-dealkylation sites (tertiary alicyclic amines) is 1. The molecule has 4 rings (SSSR count). The lowest BCUT2D eigenvalue weighted by Crippen LogP contribution is -2.74. The number of hydrogen-bond acceptors (Lipinski definition) is 7. The molecular formula is C25H40N8O2. The summed E-state index contributed by atoms with van der Waals surface area (Å²) < 4.78 is 1.68. The van der Waals surface area contributed by atoms with Gasteiger partial charge in [0.2, 0.25) is 17.8 Å². The topological polar surface area (TPSA) is 117 Å². The number of hydrogen-bond donors (Lipinski definition) is 3. The molecule has 2 aromatic heterocycles. The smallest absolute Gasteiger partial charge is 0.245 e. The Kier molecular flexibility index (Phi) is 6.54. The van der Waals surface area contributed by atoms with Gasteiger partial charge < -0.3 is 15.5 Å². The Bertz CT molecular complexity index is 1100. The molecule has 1 aliphatic carbocycles. The summed E-state index contributed by atoms with van der Waals surface area (Å²) in [5, 5.41) is 14.9. The van der Waals surface area contributed by atoms with Crippen molar-refractivity contribution < 1.29 is 9.59 Å². The average molecular weight is 485 g/mol. The summed E-state index contributed by atoms with van der Waals surface area (Å²) in [7, 11) is 0. The molecule has 3 atom stereocenters. The molecule has 0 unspecified atom stereocenters. The molecule has 35 heavy (non-hydrogen) atoms. The van der Waals surface area contributed by atoms with E-state index in [4.69, 9.17) is 5.10 Å². The summed E-state index contributed by atoms with van der Waals surface area (Å²) in [6.45, 7) is 14.7. The molecule has 10 nitrogen and oxygen atoms in total. The molecule has 2 amide bonds. The zero-order chi connectivity index (χ0) is 25.6. The van der Waals surface area contributed by atoms with Gasteiger partial charge in [0.05, 0.1) is 11.7 Å². The van der Waals surface area contributed by atoms with Gasteiger partial charge in [0.1, 0.15) is 18.0 Å². The highest BCUT2D eigenvalue weighted by Crippen LogP contribution is 2.35. The molecule has 2 aliphatic rings. The number of anilines is 1. The SMILES string of the molecule is CC(=O)N[C@]1(NC(C)(C)C)CCCC[C@@H]1N1CC[C@H](Nc2ncnc3cc(C(C)(C)C)nn23)C1=O. The standard InChI is InChI=1S/C25H40N8O2/c1-16(34)29-25(31-24(5,6)7)12-9-8-10-19(25)32-13-11-17(21(32)35)28-22-27-15-26-20-14-18(23(2,3)4)30-33(20)22/h14-15,17,19,31H,8-13H2,1-7H3,(H,29,34)(H,26,27,28)/t17-,19-,25-/m0/s1. The highest BCUT2D eigenvalue weighted by Gasteiger charge is 2.50. The Balaban J connectivity index is 1.59. The zero-order valence-corrected chi connectivity index (χ0v) is 22.1. The Morgan fingerprint density at radius 1 is 1.11 bits per heavy atom. The van der Waals surface area contributed by atoms with Crippen LogP contribution in [0.25, 0.3) is 5.65 Å². The summed E-state index contributed by atoms with van der Waals surface area (Å²) in [6, 6.07) is 1.42. The van der Waals surface area contributed by atoms with Crippen LogP contribution >= 0.6 is 0 Å². The van der Waals surface area contributed by atoms with E-state index in [0.717, 1.165) is 31.4 Å². The lowest BCUT2D eigenvalue weighted by Gasteiger charge is -2.51. The van der Waals surface area contributed by atoms with E-state index in [1.165, 1.54) is 6.33 Å². The van der Waals surface area contributed by atoms with Crippen molar-refractivity contribution in [3.8, 4) is 0 Å². The van der Waals surface area contributed by atoms with Crippen LogP contribution < -0.4 is 16.0 Å². The fourth-order valence-electron chi connectivity index (χ4n) is 5.47. The fourth-order valence-corrected chi connectivity index (χ4v) is 5.47. The van der Waals surface area contributed by atoms with E-state index in [0.29, 0.717) is 24.6 Å². The van der Waals surface area contributed by atoms with Crippen molar-refractivity contribution in [1.29, 1.82) is 0 Å². The van der Waals surface area contributed by atoms with Crippen LogP contribution in [0.5, 0.6) is 0 Å². The van der Waals surface area contributed by atoms with Crippen LogP contribution in [0.1, 0.15) is 86.3 Å². The van der Waals surface area contributed by atoms with Gasteiger partial charge in [-0.05, 0) is 46.5 Å². The third kappa shape index (κ3) is 5.27. The summed E-state index contributed by atoms with van der Waals surface area (Å²) in [5.74, 6) is 0.444. The number of aromatic nitrogens is 4. The van der Waals surface area contributed by atoms with Gasteiger partial charge in [0, 0.05) is 30.5 Å². The van der Waals surface area contributed by atoms with Gasteiger partial charge in [-0.3, -0.25) is 14.9 Å². The number of carbonyl (C=O) groups excluding carboxylic acids is 2. The second kappa shape index (κ2) is 9.04. The molecule has 192 valence electrons. The largest absolute Gasteiger partial charge is 0.342 e. The van der Waals surface area contributed by atoms with Gasteiger partial charge in [-0.1, -0.05) is 27.2 Å². The minimum absolute atomic E-state index is 0.0253. The minimum atomic E-state index is -0.654. The molecule has 3 heterocycles. The Morgan fingerprint density at radius 2 is 1.86 bits per heavy atom. The van der Waals surface area contributed by atoms with Crippen LogP contribution in [0.2, 0.25) is 0 Å². The fraction of sp³-hybridized carbons (Fsp3) is 0.720. The van der Waals surface area contributed by atoms with E-state index in [-0.39, 0.29) is 28.8 Å². The van der Waals surface area contributed by atoms with Crippen LogP contribution in [-0.2, 0) is 15.0 Å². The normalized spacial score (nSPS) is 25.8. The van der Waals surface area contributed by atoms with Gasteiger partial charge in [0.25, 0.3) is 0 Å². The molecular weight excluding hydrogens is 444 g/mol. The quantitative estimate of drug-likeness (QED) is 0.559. The first kappa shape index (κ1) is 25.3. The number of fused-ring (bicyclic) bond motifs is 1. The lowest BCUT2D eigenvalue weighted by molar-refractivity contribution is -0.136. The van der Waals surface area contributed by atoms with Crippen LogP contribution in [0, 0.1) is 0 Å². The second-order valence-electron chi connectivity index (χ2n) is 12.1. The Morgan fingerprint density at radius 3 is 2.51 bits per heavy atom. The number of carbonyl (C=O) groups is 2. The van der Waals surface area contributed by atoms with Crippen LogP contribution in [-0.4, -0.2) is 66.1 Å². The van der Waals surface area contributed by atoms with Gasteiger partial charge in [-0.25, -0.2) is 9.97 Å². The highest BCUT2D eigenvalue weighted by molar-refractivity contribution is 5.87. The maximum absolute atomic E-state index is 13.7. The summed E-state index contributed by atoms with van der Waals surface area (Å²) in [4.78, 5) is 36.6. The van der Waals surface area contributed by atoms with E-state index in [1.807, 2.05) is 11.0 Å². The molecule has 3 N–H and O–H groups in total. The minimum Gasteiger partial charge on any atom is -0.342 e. The van der Waals surface area contributed by atoms with Crippen molar-refractivity contribution in [1.82, 2.24) is 35.1 Å². The van der Waals surface area contributed by atoms with Crippen LogP contribution in [0.15, 0.2) is 12.4 Å². The van der Waals surface area contributed by atoms with Crippen molar-refractivity contribution >= 4 is 23.4 Å². The zero-order valence-electron chi connectivity index (χ0n) is 22.1. The monoisotopic (exact) mass is 484 g/mol. The van der Waals surface area contributed by atoms with Crippen LogP contribution in [0.3, 0.4) is 0 Å². The van der Waals surface area contributed by atoms with Gasteiger partial charge in [-0.2, -0.15) is 9.61 Å². The van der Waals surface area contributed by atoms with E-state index in [9.17, 15) is 9.59 Å². The molecule has 0 radical (unpaired) electrons. The second-order valence-corrected chi connectivity index (χ2v) is 12.1. The molecule has 10 heteroatoms. The predicted octanol–water partition coefficient (Wildman–Crippen LogP) is 2.60. The van der Waals surface area contributed by atoms with Gasteiger partial charge in [0.15, 0.2) is 5.65 Å². The summed E-state index contributed by atoms with van der Waals surface area (Å²) >= 11 is 0. The van der Waals surface area contributed by atoms with Crippen molar-refractivity contribution in [2.45, 2.75) is 109 Å². The number of rotatable bonds is 5. The molecule has 0 bridgehead atoms. The number of nitrogens with zero attached hydrogens (tertiary/aromatic N) is 5. The Labute approximate surface area is 207 Å². The molecule has 1 aliphatic heterocycles. The molecule has 2 aromatic rings. The summed E-state index contributed by atoms with van der Waals surface area (Å²) in [5.41, 5.74) is 0.602. The maximum atomic E-state index is 13.7. The van der Waals surface area contributed by atoms with E-state index in [2.05, 4.69) is 67.5 Å². The first-order valence-corrected chi connectivity index (χ1v) is 12.7. The first-order chi connectivity index (χ1) is 16.3. The number of amides is 2. The summed E-state index contributed by atoms with van der Waals surface area (Å²) in [6.07, 6.45) is 5.80. The van der Waals surface area contributed by atoms with Crippen LogP contribution in [0.4, 0.5) is 5.95 Å². The molecule has 0 spiro atoms. The van der Waals surface area contributed by atoms with Crippen molar-refractivity contribution in [3.05, 3.63) is 18.1 Å². The molecule has 0 aromatic carbocycles. The molecule has 2 fully saturated rings. The van der Waals surface area contributed by atoms with E-state index < -0.39 is 11.7 Å². The van der Waals surface area contributed by atoms with E-state index in [1.54, 1.807) is 11.4 Å². The third-order valence-corrected chi connectivity index (χ3v) is 6.81. The molecule has 1 saturated carbocycles. The third-order valence-electron chi connectivity index (χ3n) is 6.81. The average Bonchev–Trinajstić information content (AvgIpc) is 3.31.